The molecule has 9 heteroatoms. The first-order valence-corrected chi connectivity index (χ1v) is 8.72. The molecule has 1 aromatic heterocycles. The normalized spacial score (nSPS) is 11.5. The fraction of sp³-hybridized carbons (Fsp3) is 0.0909. The minimum Gasteiger partial charge on any atom is -0.258 e. The third kappa shape index (κ3) is 3.17. The van der Waals surface area contributed by atoms with E-state index < -0.39 is 20.6 Å². The molecule has 0 N–H and O–H groups in total. The van der Waals surface area contributed by atoms with Gasteiger partial charge < -0.3 is 0 Å². The molecule has 2 aromatic rings. The lowest BCUT2D eigenvalue weighted by atomic mass is 10.3. The molecule has 5 nitrogen and oxygen atoms in total. The maximum Gasteiger partial charge on any atom is 0.295 e. The predicted molar refractivity (Wildman–Crippen MR) is 74.6 cm³/mol. The summed E-state index contributed by atoms with van der Waals surface area (Å²) in [6, 6.07) is 6.82. The molecule has 0 aliphatic carbocycles. The summed E-state index contributed by atoms with van der Waals surface area (Å²) in [5, 5.41) is 10.9. The highest BCUT2D eigenvalue weighted by Crippen LogP contribution is 2.43. The second-order valence-corrected chi connectivity index (χ2v) is 8.41. The zero-order valence-corrected chi connectivity index (χ0v) is 12.5. The van der Waals surface area contributed by atoms with Gasteiger partial charge in [0.05, 0.1) is 4.92 Å². The molecular weight excluding hydrogens is 325 g/mol. The Morgan fingerprint density at radius 2 is 2.00 bits per heavy atom. The number of hydrogen-bond acceptors (Lipinski definition) is 6. The second kappa shape index (κ2) is 5.51. The number of nitrogens with zero attached hydrogens (tertiary/aromatic N) is 1. The van der Waals surface area contributed by atoms with E-state index in [4.69, 9.17) is 0 Å². The van der Waals surface area contributed by atoms with E-state index in [1.807, 2.05) is 0 Å². The van der Waals surface area contributed by atoms with E-state index in [9.17, 15) is 22.9 Å². The van der Waals surface area contributed by atoms with E-state index in [1.165, 1.54) is 18.2 Å². The molecule has 20 heavy (non-hydrogen) atoms. The standard InChI is InChI=1S/C11H8FNO4S3/c1-20(16,17)10-6-8(13(14)15)11(19-10)18-9-5-3-2-4-7(9)12/h2-6H,1H3. The van der Waals surface area contributed by atoms with Gasteiger partial charge >= 0.3 is 0 Å². The van der Waals surface area contributed by atoms with Crippen LogP contribution in [0.2, 0.25) is 0 Å². The molecule has 1 heterocycles. The highest BCUT2D eigenvalue weighted by molar-refractivity contribution is 8.02. The fourth-order valence-electron chi connectivity index (χ4n) is 1.35. The summed E-state index contributed by atoms with van der Waals surface area (Å²) in [6.07, 6.45) is 0.972. The zero-order valence-electron chi connectivity index (χ0n) is 10.1. The van der Waals surface area contributed by atoms with Gasteiger partial charge in [0.25, 0.3) is 5.69 Å². The molecule has 0 atom stereocenters. The van der Waals surface area contributed by atoms with Crippen molar-refractivity contribution in [1.29, 1.82) is 0 Å². The summed E-state index contributed by atoms with van der Waals surface area (Å²) in [5.41, 5.74) is -0.330. The lowest BCUT2D eigenvalue weighted by Crippen LogP contribution is -1.92. The summed E-state index contributed by atoms with van der Waals surface area (Å²) in [7, 11) is -3.53. The van der Waals surface area contributed by atoms with E-state index in [0.717, 1.165) is 35.4 Å². The van der Waals surface area contributed by atoms with Crippen molar-refractivity contribution in [2.24, 2.45) is 0 Å². The van der Waals surface area contributed by atoms with E-state index in [-0.39, 0.29) is 19.0 Å². The third-order valence-electron chi connectivity index (χ3n) is 2.26. The van der Waals surface area contributed by atoms with Crippen LogP contribution in [0.25, 0.3) is 0 Å². The molecule has 106 valence electrons. The van der Waals surface area contributed by atoms with Crippen molar-refractivity contribution >= 4 is 38.6 Å². The SMILES string of the molecule is CS(=O)(=O)c1cc([N+](=O)[O-])c(Sc2ccccc2F)s1. The fourth-order valence-corrected chi connectivity index (χ4v) is 4.74. The molecule has 0 saturated carbocycles. The molecule has 0 spiro atoms. The number of benzene rings is 1. The maximum absolute atomic E-state index is 13.5. The van der Waals surface area contributed by atoms with Crippen LogP contribution in [0.1, 0.15) is 0 Å². The predicted octanol–water partition coefficient (Wildman–Crippen LogP) is 3.35. The Bertz CT molecular complexity index is 770. The van der Waals surface area contributed by atoms with Gasteiger partial charge in [-0.2, -0.15) is 0 Å². The van der Waals surface area contributed by atoms with Crippen molar-refractivity contribution in [3.8, 4) is 0 Å². The molecular formula is C11H8FNO4S3. The number of rotatable bonds is 4. The topological polar surface area (TPSA) is 77.3 Å². The molecule has 0 fully saturated rings. The molecule has 0 unspecified atom stereocenters. The number of halogens is 1. The molecule has 0 bridgehead atoms. The number of hydrogen-bond donors (Lipinski definition) is 0. The highest BCUT2D eigenvalue weighted by Gasteiger charge is 2.24. The van der Waals surface area contributed by atoms with Crippen LogP contribution in [0.4, 0.5) is 10.1 Å². The Kier molecular flexibility index (Phi) is 4.11. The van der Waals surface area contributed by atoms with Crippen LogP contribution >= 0.6 is 23.1 Å². The van der Waals surface area contributed by atoms with Gasteiger partial charge in [0.15, 0.2) is 9.84 Å². The van der Waals surface area contributed by atoms with Gasteiger partial charge in [-0.1, -0.05) is 23.9 Å². The second-order valence-electron chi connectivity index (χ2n) is 3.80. The molecule has 0 radical (unpaired) electrons. The average molecular weight is 333 g/mol. The van der Waals surface area contributed by atoms with Gasteiger partial charge in [-0.15, -0.1) is 11.3 Å². The van der Waals surface area contributed by atoms with Crippen molar-refractivity contribution in [2.45, 2.75) is 13.3 Å². The third-order valence-corrected chi connectivity index (χ3v) is 6.42. The van der Waals surface area contributed by atoms with Crippen molar-refractivity contribution in [3.63, 3.8) is 0 Å². The van der Waals surface area contributed by atoms with Crippen molar-refractivity contribution in [1.82, 2.24) is 0 Å². The molecule has 1 aromatic carbocycles. The minimum absolute atomic E-state index is 0.108. The first-order valence-electron chi connectivity index (χ1n) is 5.19. The Morgan fingerprint density at radius 1 is 1.35 bits per heavy atom. The van der Waals surface area contributed by atoms with Gasteiger partial charge in [0, 0.05) is 17.2 Å². The summed E-state index contributed by atoms with van der Waals surface area (Å²) in [5.74, 6) is -0.513. The van der Waals surface area contributed by atoms with Crippen molar-refractivity contribution < 1.29 is 17.7 Å². The Hall–Kier alpha value is -1.45. The molecule has 0 aliphatic heterocycles. The van der Waals surface area contributed by atoms with Gasteiger partial charge in [-0.3, -0.25) is 10.1 Å². The lowest BCUT2D eigenvalue weighted by molar-refractivity contribution is -0.387. The van der Waals surface area contributed by atoms with Gasteiger partial charge in [0.1, 0.15) is 14.2 Å². The van der Waals surface area contributed by atoms with Gasteiger partial charge in [-0.05, 0) is 12.1 Å². The van der Waals surface area contributed by atoms with Gasteiger partial charge in [0.2, 0.25) is 0 Å². The Balaban J connectivity index is 2.49. The van der Waals surface area contributed by atoms with E-state index in [2.05, 4.69) is 0 Å². The molecule has 0 aliphatic rings. The number of nitro groups is 1. The summed E-state index contributed by atoms with van der Waals surface area (Å²) in [4.78, 5) is 10.5. The zero-order chi connectivity index (χ0) is 14.9. The summed E-state index contributed by atoms with van der Waals surface area (Å²) in [6.45, 7) is 0. The molecule has 0 amide bonds. The first kappa shape index (κ1) is 14.9. The largest absolute Gasteiger partial charge is 0.295 e. The maximum atomic E-state index is 13.5. The van der Waals surface area contributed by atoms with Crippen LogP contribution in [0.5, 0.6) is 0 Å². The Labute approximate surface area is 122 Å². The van der Waals surface area contributed by atoms with Crippen molar-refractivity contribution in [3.05, 3.63) is 46.3 Å². The van der Waals surface area contributed by atoms with Gasteiger partial charge in [-0.25, -0.2) is 12.8 Å². The van der Waals surface area contributed by atoms with E-state index in [0.29, 0.717) is 0 Å². The molecule has 2 rings (SSSR count). The first-order chi connectivity index (χ1) is 9.29. The van der Waals surface area contributed by atoms with Crippen LogP contribution in [0, 0.1) is 15.9 Å². The van der Waals surface area contributed by atoms with E-state index in [1.54, 1.807) is 6.07 Å². The van der Waals surface area contributed by atoms with Crippen LogP contribution in [0.15, 0.2) is 43.6 Å². The highest BCUT2D eigenvalue weighted by atomic mass is 32.2. The quantitative estimate of drug-likeness (QED) is 0.633. The minimum atomic E-state index is -3.53. The number of thiophene rings is 1. The smallest absolute Gasteiger partial charge is 0.258 e. The van der Waals surface area contributed by atoms with Crippen LogP contribution in [-0.2, 0) is 9.84 Å². The summed E-state index contributed by atoms with van der Waals surface area (Å²) < 4.78 is 36.5. The number of sulfone groups is 1. The van der Waals surface area contributed by atoms with Crippen LogP contribution in [-0.4, -0.2) is 19.6 Å². The summed E-state index contributed by atoms with van der Waals surface area (Å²) >= 11 is 1.61. The van der Waals surface area contributed by atoms with Crippen LogP contribution in [0.3, 0.4) is 0 Å². The van der Waals surface area contributed by atoms with E-state index >= 15 is 0 Å². The molecule has 0 saturated heterocycles. The lowest BCUT2D eigenvalue weighted by Gasteiger charge is -1.99. The Morgan fingerprint density at radius 3 is 2.55 bits per heavy atom. The van der Waals surface area contributed by atoms with Crippen LogP contribution < -0.4 is 0 Å². The average Bonchev–Trinajstić information content (AvgIpc) is 2.76. The monoisotopic (exact) mass is 333 g/mol. The van der Waals surface area contributed by atoms with Crippen molar-refractivity contribution in [2.75, 3.05) is 6.26 Å².